The van der Waals surface area contributed by atoms with Crippen LogP contribution in [0.4, 0.5) is 9.52 Å². The van der Waals surface area contributed by atoms with E-state index in [9.17, 15) is 14.0 Å². The topological polar surface area (TPSA) is 79.6 Å². The maximum absolute atomic E-state index is 13.0. The number of halogens is 1. The van der Waals surface area contributed by atoms with Crippen LogP contribution >= 0.6 is 11.3 Å². The number of piperazine rings is 1. The van der Waals surface area contributed by atoms with Gasteiger partial charge in [0.2, 0.25) is 16.9 Å². The van der Waals surface area contributed by atoms with Crippen LogP contribution in [0.3, 0.4) is 0 Å². The molecule has 29 heavy (non-hydrogen) atoms. The Morgan fingerprint density at radius 3 is 2.48 bits per heavy atom. The van der Waals surface area contributed by atoms with Crippen molar-refractivity contribution in [1.82, 2.24) is 15.1 Å². The predicted octanol–water partition coefficient (Wildman–Crippen LogP) is 1.45. The molecule has 1 aliphatic heterocycles. The number of hydrogen-bond acceptors (Lipinski definition) is 5. The minimum Gasteiger partial charge on any atom is -0.331 e. The van der Waals surface area contributed by atoms with Crippen LogP contribution < -0.4 is 10.2 Å². The van der Waals surface area contributed by atoms with Gasteiger partial charge in [-0.1, -0.05) is 37.3 Å². The second kappa shape index (κ2) is 9.89. The number of aromatic nitrogens is 2. The highest BCUT2D eigenvalue weighted by Gasteiger charge is 2.24. The monoisotopic (exact) mass is 420 g/mol. The quantitative estimate of drug-likeness (QED) is 0.711. The molecule has 2 heterocycles. The van der Waals surface area contributed by atoms with Crippen molar-refractivity contribution in [2.24, 2.45) is 0 Å². The van der Waals surface area contributed by atoms with Crippen LogP contribution in [0, 0.1) is 5.82 Å². The minimum atomic E-state index is -0.227. The summed E-state index contributed by atoms with van der Waals surface area (Å²) in [5.41, 5.74) is 1.09. The van der Waals surface area contributed by atoms with Gasteiger partial charge in [-0.15, -0.1) is 10.2 Å². The molecule has 156 valence electrons. The number of carbonyl (C=O) groups is 2. The molecule has 9 heteroatoms. The normalized spacial score (nSPS) is 15.0. The summed E-state index contributed by atoms with van der Waals surface area (Å²) in [4.78, 5) is 27.7. The highest BCUT2D eigenvalue weighted by Crippen LogP contribution is 2.22. The van der Waals surface area contributed by atoms with Crippen LogP contribution in [0.5, 0.6) is 0 Å². The number of nitrogens with zero attached hydrogens (tertiary/aromatic N) is 3. The van der Waals surface area contributed by atoms with Crippen LogP contribution in [0.25, 0.3) is 0 Å². The Kier molecular flexibility index (Phi) is 7.27. The lowest BCUT2D eigenvalue weighted by atomic mass is 10.2. The Morgan fingerprint density at radius 1 is 1.17 bits per heavy atom. The second-order valence-corrected chi connectivity index (χ2v) is 8.59. The zero-order valence-electron chi connectivity index (χ0n) is 16.8. The molecule has 1 saturated heterocycles. The van der Waals surface area contributed by atoms with E-state index in [0.717, 1.165) is 30.2 Å². The molecule has 0 spiro atoms. The van der Waals surface area contributed by atoms with Crippen molar-refractivity contribution in [1.29, 1.82) is 0 Å². The van der Waals surface area contributed by atoms with Gasteiger partial charge in [0.25, 0.3) is 0 Å². The number of quaternary nitrogens is 1. The van der Waals surface area contributed by atoms with Crippen LogP contribution in [-0.4, -0.2) is 53.1 Å². The summed E-state index contributed by atoms with van der Waals surface area (Å²) in [7, 11) is 0. The molecule has 3 rings (SSSR count). The number of nitrogens with one attached hydrogen (secondary N) is 2. The van der Waals surface area contributed by atoms with E-state index in [0.29, 0.717) is 18.2 Å². The van der Waals surface area contributed by atoms with Crippen LogP contribution in [0.2, 0.25) is 0 Å². The summed E-state index contributed by atoms with van der Waals surface area (Å²) in [5, 5.41) is 12.1. The Balaban J connectivity index is 1.37. The van der Waals surface area contributed by atoms with E-state index < -0.39 is 0 Å². The van der Waals surface area contributed by atoms with Gasteiger partial charge in [0.05, 0.1) is 26.2 Å². The van der Waals surface area contributed by atoms with Crippen molar-refractivity contribution < 1.29 is 18.9 Å². The number of benzene rings is 1. The van der Waals surface area contributed by atoms with Crippen molar-refractivity contribution in [2.75, 3.05) is 31.5 Å². The van der Waals surface area contributed by atoms with Gasteiger partial charge in [-0.25, -0.2) is 4.39 Å². The standard InChI is InChI=1S/C20H26FN5O2S/c1-14(2)19-23-24-20(29-19)22-17(27)7-8-18(28)26-11-9-25(10-12-26)13-15-3-5-16(21)6-4-15/h3-6,14H,7-13H2,1-2H3,(H,22,24,27)/p+1. The number of anilines is 1. The van der Waals surface area contributed by atoms with E-state index >= 15 is 0 Å². The van der Waals surface area contributed by atoms with Gasteiger partial charge in [0.1, 0.15) is 17.4 Å². The Bertz CT molecular complexity index is 832. The summed E-state index contributed by atoms with van der Waals surface area (Å²) in [6.07, 6.45) is 0.326. The van der Waals surface area contributed by atoms with E-state index in [4.69, 9.17) is 0 Å². The first kappa shape index (κ1) is 21.3. The van der Waals surface area contributed by atoms with Gasteiger partial charge < -0.3 is 15.1 Å². The average Bonchev–Trinajstić information content (AvgIpc) is 3.17. The van der Waals surface area contributed by atoms with Crippen molar-refractivity contribution in [2.45, 2.75) is 39.2 Å². The summed E-state index contributed by atoms with van der Waals surface area (Å²) < 4.78 is 13.0. The van der Waals surface area contributed by atoms with Crippen molar-refractivity contribution >= 4 is 28.3 Å². The van der Waals surface area contributed by atoms with Crippen molar-refractivity contribution in [3.63, 3.8) is 0 Å². The number of rotatable bonds is 7. The maximum atomic E-state index is 13.0. The number of amides is 2. The number of hydrogen-bond donors (Lipinski definition) is 2. The number of carbonyl (C=O) groups excluding carboxylic acids is 2. The molecule has 0 bridgehead atoms. The van der Waals surface area contributed by atoms with Crippen molar-refractivity contribution in [3.05, 3.63) is 40.7 Å². The van der Waals surface area contributed by atoms with Gasteiger partial charge in [-0.3, -0.25) is 9.59 Å². The summed E-state index contributed by atoms with van der Waals surface area (Å²) in [5.74, 6) is -0.176. The van der Waals surface area contributed by atoms with Gasteiger partial charge in [0.15, 0.2) is 0 Å². The molecular weight excluding hydrogens is 393 g/mol. The first-order valence-corrected chi connectivity index (χ1v) is 10.7. The summed E-state index contributed by atoms with van der Waals surface area (Å²) >= 11 is 1.36. The van der Waals surface area contributed by atoms with E-state index in [1.54, 1.807) is 12.1 Å². The fourth-order valence-electron chi connectivity index (χ4n) is 3.22. The first-order valence-electron chi connectivity index (χ1n) is 9.89. The lowest BCUT2D eigenvalue weighted by Gasteiger charge is -2.32. The van der Waals surface area contributed by atoms with Crippen LogP contribution in [0.15, 0.2) is 24.3 Å². The van der Waals surface area contributed by atoms with Gasteiger partial charge in [-0.05, 0) is 12.1 Å². The molecule has 7 nitrogen and oxygen atoms in total. The van der Waals surface area contributed by atoms with Crippen LogP contribution in [0.1, 0.15) is 43.2 Å². The predicted molar refractivity (Wildman–Crippen MR) is 109 cm³/mol. The lowest BCUT2D eigenvalue weighted by molar-refractivity contribution is -0.917. The molecule has 1 aliphatic rings. The molecule has 2 aromatic rings. The molecular formula is C20H27FN5O2S+. The van der Waals surface area contributed by atoms with Gasteiger partial charge in [0, 0.05) is 24.3 Å². The summed E-state index contributed by atoms with van der Waals surface area (Å²) in [6, 6.07) is 6.57. The van der Waals surface area contributed by atoms with E-state index in [2.05, 4.69) is 15.5 Å². The summed E-state index contributed by atoms with van der Waals surface area (Å²) in [6.45, 7) is 7.90. The second-order valence-electron chi connectivity index (χ2n) is 7.58. The molecule has 0 atom stereocenters. The zero-order chi connectivity index (χ0) is 20.8. The molecule has 2 N–H and O–H groups in total. The Labute approximate surface area is 173 Å². The fourth-order valence-corrected chi connectivity index (χ4v) is 3.98. The third kappa shape index (κ3) is 6.30. The molecule has 0 unspecified atom stereocenters. The van der Waals surface area contributed by atoms with Crippen molar-refractivity contribution in [3.8, 4) is 0 Å². The SMILES string of the molecule is CC(C)c1nnc(NC(=O)CCC(=O)N2CC[NH+](Cc3ccc(F)cc3)CC2)s1. The highest BCUT2D eigenvalue weighted by molar-refractivity contribution is 7.15. The molecule has 0 radical (unpaired) electrons. The van der Waals surface area contributed by atoms with Crippen LogP contribution in [-0.2, 0) is 16.1 Å². The van der Waals surface area contributed by atoms with E-state index in [1.165, 1.54) is 28.4 Å². The maximum Gasteiger partial charge on any atom is 0.226 e. The minimum absolute atomic E-state index is 0.00103. The smallest absolute Gasteiger partial charge is 0.226 e. The lowest BCUT2D eigenvalue weighted by Crippen LogP contribution is -3.13. The Morgan fingerprint density at radius 2 is 1.86 bits per heavy atom. The zero-order valence-corrected chi connectivity index (χ0v) is 17.6. The van der Waals surface area contributed by atoms with Gasteiger partial charge >= 0.3 is 0 Å². The molecule has 0 aliphatic carbocycles. The molecule has 0 saturated carbocycles. The van der Waals surface area contributed by atoms with E-state index in [1.807, 2.05) is 18.7 Å². The molecule has 2 amide bonds. The molecule has 1 fully saturated rings. The highest BCUT2D eigenvalue weighted by atomic mass is 32.1. The average molecular weight is 421 g/mol. The molecule has 1 aromatic heterocycles. The van der Waals surface area contributed by atoms with E-state index in [-0.39, 0.29) is 36.4 Å². The Hall–Kier alpha value is -2.39. The fraction of sp³-hybridized carbons (Fsp3) is 0.500. The third-order valence-corrected chi connectivity index (χ3v) is 6.08. The third-order valence-electron chi connectivity index (χ3n) is 4.94. The molecule has 1 aromatic carbocycles. The largest absolute Gasteiger partial charge is 0.331 e. The van der Waals surface area contributed by atoms with Gasteiger partial charge in [-0.2, -0.15) is 0 Å². The first-order chi connectivity index (χ1) is 13.9.